The number of furan rings is 1. The van der Waals surface area contributed by atoms with Crippen LogP contribution >= 0.6 is 0 Å². The van der Waals surface area contributed by atoms with Gasteiger partial charge >= 0.3 is 0 Å². The predicted molar refractivity (Wildman–Crippen MR) is 250 cm³/mol. The lowest BCUT2D eigenvalue weighted by Gasteiger charge is -2.38. The zero-order chi connectivity index (χ0) is 39.7. The number of benzene rings is 9. The van der Waals surface area contributed by atoms with E-state index in [0.717, 1.165) is 51.0 Å². The Labute approximate surface area is 348 Å². The number of aromatic nitrogens is 1. The van der Waals surface area contributed by atoms with Gasteiger partial charge < -0.3 is 14.3 Å². The van der Waals surface area contributed by atoms with E-state index in [1.54, 1.807) is 0 Å². The first-order chi connectivity index (χ1) is 29.7. The van der Waals surface area contributed by atoms with Crippen molar-refractivity contribution >= 4 is 71.1 Å². The highest BCUT2D eigenvalue weighted by Crippen LogP contribution is 2.47. The summed E-state index contributed by atoms with van der Waals surface area (Å²) in [6.07, 6.45) is 0.934. The lowest BCUT2D eigenvalue weighted by molar-refractivity contribution is 0.311. The Balaban J connectivity index is 1.16. The van der Waals surface area contributed by atoms with Crippen LogP contribution in [-0.4, -0.2) is 10.4 Å². The molecule has 3 heterocycles. The fourth-order valence-electron chi connectivity index (χ4n) is 10.00. The Morgan fingerprint density at radius 2 is 1.20 bits per heavy atom. The lowest BCUT2D eigenvalue weighted by Crippen LogP contribution is -2.41. The summed E-state index contributed by atoms with van der Waals surface area (Å²) in [4.78, 5) is 5.76. The maximum Gasteiger partial charge on any atom is 0.159 e. The molecule has 4 nitrogen and oxygen atoms in total. The second kappa shape index (κ2) is 13.9. The van der Waals surface area contributed by atoms with E-state index in [-0.39, 0.29) is 18.0 Å². The normalized spacial score (nSPS) is 16.9. The Bertz CT molecular complexity index is 3470. The maximum absolute atomic E-state index is 6.97. The van der Waals surface area contributed by atoms with Crippen molar-refractivity contribution in [2.75, 3.05) is 0 Å². The molecular formula is C56H41N3O. The molecule has 4 heteroatoms. The van der Waals surface area contributed by atoms with E-state index in [4.69, 9.17) is 9.41 Å². The Morgan fingerprint density at radius 3 is 2.02 bits per heavy atom. The van der Waals surface area contributed by atoms with Gasteiger partial charge in [0, 0.05) is 38.4 Å². The molecular weight excluding hydrogens is 731 g/mol. The minimum absolute atomic E-state index is 0.0397. The first-order valence-corrected chi connectivity index (χ1v) is 21.1. The molecule has 0 fully saturated rings. The van der Waals surface area contributed by atoms with Crippen LogP contribution in [0.3, 0.4) is 0 Å². The van der Waals surface area contributed by atoms with Crippen LogP contribution < -0.4 is 5.32 Å². The van der Waals surface area contributed by atoms with Crippen molar-refractivity contribution in [3.63, 3.8) is 0 Å². The molecule has 286 valence electrons. The van der Waals surface area contributed by atoms with Crippen molar-refractivity contribution in [1.82, 2.24) is 9.88 Å². The molecule has 0 radical (unpaired) electrons. The number of para-hydroxylation sites is 1. The summed E-state index contributed by atoms with van der Waals surface area (Å²) in [5.74, 6) is 1.07. The minimum atomic E-state index is -0.153. The number of rotatable bonds is 6. The van der Waals surface area contributed by atoms with Gasteiger partial charge in [0.15, 0.2) is 5.58 Å². The molecule has 2 aromatic heterocycles. The summed E-state index contributed by atoms with van der Waals surface area (Å²) in [5, 5.41) is 13.5. The van der Waals surface area contributed by atoms with E-state index >= 15 is 0 Å². The molecule has 60 heavy (non-hydrogen) atoms. The summed E-state index contributed by atoms with van der Waals surface area (Å²) >= 11 is 0. The van der Waals surface area contributed by atoms with Gasteiger partial charge in [-0.05, 0) is 81.2 Å². The van der Waals surface area contributed by atoms with Gasteiger partial charge in [-0.3, -0.25) is 4.99 Å². The fourth-order valence-corrected chi connectivity index (χ4v) is 10.00. The molecule has 0 saturated carbocycles. The number of nitrogens with one attached hydrogen (secondary N) is 1. The second-order valence-corrected chi connectivity index (χ2v) is 16.2. The molecule has 9 aromatic carbocycles. The number of fused-ring (bicyclic) bond motifs is 9. The molecule has 0 aliphatic carbocycles. The fraction of sp³-hybridized carbons (Fsp3) is 0.0893. The summed E-state index contributed by atoms with van der Waals surface area (Å²) in [6, 6.07) is 70.2. The number of amidine groups is 1. The first kappa shape index (κ1) is 34.6. The van der Waals surface area contributed by atoms with Gasteiger partial charge in [0.2, 0.25) is 0 Å². The van der Waals surface area contributed by atoms with Crippen LogP contribution in [0.15, 0.2) is 204 Å². The molecule has 11 aromatic rings. The van der Waals surface area contributed by atoms with E-state index in [9.17, 15) is 0 Å². The van der Waals surface area contributed by atoms with Crippen LogP contribution in [0.4, 0.5) is 0 Å². The molecule has 0 spiro atoms. The highest BCUT2D eigenvalue weighted by atomic mass is 16.3. The van der Waals surface area contributed by atoms with Crippen molar-refractivity contribution in [3.8, 4) is 16.8 Å². The van der Waals surface area contributed by atoms with Crippen LogP contribution in [0.25, 0.3) is 82.1 Å². The Kier molecular flexibility index (Phi) is 7.99. The van der Waals surface area contributed by atoms with Crippen LogP contribution in [-0.2, 0) is 0 Å². The minimum Gasteiger partial charge on any atom is -0.454 e. The highest BCUT2D eigenvalue weighted by molar-refractivity contribution is 6.21. The van der Waals surface area contributed by atoms with E-state index in [1.165, 1.54) is 60.1 Å². The predicted octanol–water partition coefficient (Wildman–Crippen LogP) is 14.5. The summed E-state index contributed by atoms with van der Waals surface area (Å²) in [7, 11) is 0. The molecule has 1 aliphatic heterocycles. The standard InChI is InChI=1S/C56H41N3O/c1-2-43-52(37-19-7-4-8-20-37)57-56(41-24-15-23-38(30-41)35-16-5-3-6-17-35)58-53(43)42-32-48-45-26-13-14-27-51(45)60-55(48)50(34-42)59-49-33-40-22-10-9-21-39(40)31-47(49)46-29-28-36-18-11-12-25-44(36)54(46)59/h3-34,43,52-53H,2H2,1H3,(H,57,58)/t43-,52?,53?/m1/s1. The average Bonchev–Trinajstić information content (AvgIpc) is 3.86. The zero-order valence-electron chi connectivity index (χ0n) is 33.2. The van der Waals surface area contributed by atoms with E-state index in [0.29, 0.717) is 0 Å². The van der Waals surface area contributed by atoms with Crippen molar-refractivity contribution in [1.29, 1.82) is 0 Å². The largest absolute Gasteiger partial charge is 0.454 e. The zero-order valence-corrected chi connectivity index (χ0v) is 33.2. The Morgan fingerprint density at radius 1 is 0.517 bits per heavy atom. The SMILES string of the molecule is CC[C@H]1C(c2cc(-n3c4cc5ccccc5cc4c4ccc5ccccc5c43)c3oc4ccccc4c3c2)N=C(c2cccc(-c3ccccc3)c2)NC1c1ccccc1. The summed E-state index contributed by atoms with van der Waals surface area (Å²) < 4.78 is 9.45. The smallest absolute Gasteiger partial charge is 0.159 e. The average molecular weight is 772 g/mol. The van der Waals surface area contributed by atoms with E-state index in [2.05, 4.69) is 211 Å². The number of nitrogens with zero attached hydrogens (tertiary/aromatic N) is 2. The third-order valence-corrected chi connectivity index (χ3v) is 12.8. The molecule has 2 unspecified atom stereocenters. The third kappa shape index (κ3) is 5.48. The van der Waals surface area contributed by atoms with Gasteiger partial charge in [0.05, 0.1) is 28.8 Å². The monoisotopic (exact) mass is 771 g/mol. The van der Waals surface area contributed by atoms with E-state index < -0.39 is 0 Å². The third-order valence-electron chi connectivity index (χ3n) is 12.8. The van der Waals surface area contributed by atoms with Crippen molar-refractivity contribution in [2.24, 2.45) is 10.9 Å². The Hall–Kier alpha value is -7.43. The van der Waals surface area contributed by atoms with Crippen LogP contribution in [0, 0.1) is 5.92 Å². The molecule has 12 rings (SSSR count). The van der Waals surface area contributed by atoms with Crippen LogP contribution in [0.1, 0.15) is 42.1 Å². The molecule has 0 bridgehead atoms. The molecule has 1 N–H and O–H groups in total. The van der Waals surface area contributed by atoms with Gasteiger partial charge in [0.1, 0.15) is 11.4 Å². The molecule has 1 aliphatic rings. The van der Waals surface area contributed by atoms with Gasteiger partial charge in [-0.2, -0.15) is 0 Å². The van der Waals surface area contributed by atoms with Crippen molar-refractivity contribution < 1.29 is 4.42 Å². The lowest BCUT2D eigenvalue weighted by atomic mass is 9.80. The quantitative estimate of drug-likeness (QED) is 0.183. The van der Waals surface area contributed by atoms with Gasteiger partial charge in [-0.1, -0.05) is 165 Å². The summed E-state index contributed by atoms with van der Waals surface area (Å²) in [5.41, 5.74) is 11.0. The maximum atomic E-state index is 6.97. The topological polar surface area (TPSA) is 42.5 Å². The number of aliphatic imine (C=N–C) groups is 1. The molecule has 3 atom stereocenters. The number of hydrogen-bond acceptors (Lipinski definition) is 3. The second-order valence-electron chi connectivity index (χ2n) is 16.2. The van der Waals surface area contributed by atoms with Crippen molar-refractivity contribution in [3.05, 3.63) is 211 Å². The van der Waals surface area contributed by atoms with E-state index in [1.807, 2.05) is 0 Å². The van der Waals surface area contributed by atoms with Gasteiger partial charge in [-0.15, -0.1) is 0 Å². The molecule has 0 amide bonds. The summed E-state index contributed by atoms with van der Waals surface area (Å²) in [6.45, 7) is 2.31. The first-order valence-electron chi connectivity index (χ1n) is 21.1. The molecule has 0 saturated heterocycles. The van der Waals surface area contributed by atoms with Gasteiger partial charge in [-0.25, -0.2) is 0 Å². The van der Waals surface area contributed by atoms with Crippen LogP contribution in [0.2, 0.25) is 0 Å². The van der Waals surface area contributed by atoms with Gasteiger partial charge in [0.25, 0.3) is 0 Å². The van der Waals surface area contributed by atoms with Crippen molar-refractivity contribution in [2.45, 2.75) is 25.4 Å². The van der Waals surface area contributed by atoms with Crippen LogP contribution in [0.5, 0.6) is 0 Å². The highest BCUT2D eigenvalue weighted by Gasteiger charge is 2.36. The number of hydrogen-bond donors (Lipinski definition) is 1.